The zero-order chi connectivity index (χ0) is 14.5. The van der Waals surface area contributed by atoms with Crippen LogP contribution in [0.5, 0.6) is 0 Å². The third-order valence-electron chi connectivity index (χ3n) is 3.23. The van der Waals surface area contributed by atoms with Crippen LogP contribution in [-0.4, -0.2) is 16.5 Å². The molecule has 2 heterocycles. The van der Waals surface area contributed by atoms with Gasteiger partial charge in [-0.05, 0) is 24.6 Å². The van der Waals surface area contributed by atoms with Crippen LogP contribution < -0.4 is 10.6 Å². The minimum atomic E-state index is 0.884. The fraction of sp³-hybridized carbons (Fsp3) is 0.176. The van der Waals surface area contributed by atoms with Crippen molar-refractivity contribution in [2.24, 2.45) is 0 Å². The lowest BCUT2D eigenvalue weighted by Crippen LogP contribution is -2.02. The molecule has 4 heteroatoms. The third kappa shape index (κ3) is 3.11. The van der Waals surface area contributed by atoms with E-state index in [4.69, 9.17) is 0 Å². The number of aromatic nitrogens is 2. The van der Waals surface area contributed by atoms with E-state index in [0.29, 0.717) is 0 Å². The zero-order valence-electron chi connectivity index (χ0n) is 12.0. The van der Waals surface area contributed by atoms with E-state index in [1.165, 1.54) is 0 Å². The number of nitrogens with zero attached hydrogens (tertiary/aromatic N) is 2. The minimum absolute atomic E-state index is 0.884. The van der Waals surface area contributed by atoms with Gasteiger partial charge in [-0.2, -0.15) is 0 Å². The second kappa shape index (κ2) is 6.22. The third-order valence-corrected chi connectivity index (χ3v) is 3.23. The SMILES string of the molecule is CCCNc1cc(Nc2cccc3cccnc23)ccn1. The average Bonchev–Trinajstić information content (AvgIpc) is 2.54. The molecule has 0 saturated heterocycles. The standard InChI is InChI=1S/C17H18N4/c1-2-9-18-16-12-14(8-11-19-16)21-15-7-3-5-13-6-4-10-20-17(13)15/h3-8,10-12H,2,9H2,1H3,(H2,18,19,21). The molecule has 0 amide bonds. The largest absolute Gasteiger partial charge is 0.370 e. The number of fused-ring (bicyclic) bond motifs is 1. The molecule has 0 spiro atoms. The van der Waals surface area contributed by atoms with Gasteiger partial charge in [0.15, 0.2) is 0 Å². The predicted molar refractivity (Wildman–Crippen MR) is 88.0 cm³/mol. The molecular weight excluding hydrogens is 260 g/mol. The first-order valence-corrected chi connectivity index (χ1v) is 7.17. The summed E-state index contributed by atoms with van der Waals surface area (Å²) in [4.78, 5) is 8.77. The Labute approximate surface area is 124 Å². The smallest absolute Gasteiger partial charge is 0.127 e. The maximum atomic E-state index is 4.46. The highest BCUT2D eigenvalue weighted by atomic mass is 15.0. The van der Waals surface area contributed by atoms with Gasteiger partial charge in [-0.25, -0.2) is 4.98 Å². The molecule has 0 saturated carbocycles. The Morgan fingerprint density at radius 1 is 1.00 bits per heavy atom. The second-order valence-corrected chi connectivity index (χ2v) is 4.86. The van der Waals surface area contributed by atoms with E-state index in [-0.39, 0.29) is 0 Å². The number of nitrogens with one attached hydrogen (secondary N) is 2. The fourth-order valence-corrected chi connectivity index (χ4v) is 2.22. The van der Waals surface area contributed by atoms with E-state index in [1.807, 2.05) is 36.5 Å². The highest BCUT2D eigenvalue weighted by Gasteiger charge is 2.03. The van der Waals surface area contributed by atoms with Gasteiger partial charge < -0.3 is 10.6 Å². The number of hydrogen-bond acceptors (Lipinski definition) is 4. The van der Waals surface area contributed by atoms with Crippen molar-refractivity contribution in [1.82, 2.24) is 9.97 Å². The Morgan fingerprint density at radius 2 is 1.90 bits per heavy atom. The molecule has 0 aliphatic heterocycles. The topological polar surface area (TPSA) is 49.8 Å². The Balaban J connectivity index is 1.88. The minimum Gasteiger partial charge on any atom is -0.370 e. The van der Waals surface area contributed by atoms with Crippen LogP contribution in [0, 0.1) is 0 Å². The van der Waals surface area contributed by atoms with Gasteiger partial charge in [-0.3, -0.25) is 4.98 Å². The highest BCUT2D eigenvalue weighted by molar-refractivity contribution is 5.92. The first kappa shape index (κ1) is 13.4. The van der Waals surface area contributed by atoms with Crippen LogP contribution in [0.1, 0.15) is 13.3 Å². The molecule has 0 unspecified atom stereocenters. The summed E-state index contributed by atoms with van der Waals surface area (Å²) < 4.78 is 0. The van der Waals surface area contributed by atoms with Gasteiger partial charge >= 0.3 is 0 Å². The Morgan fingerprint density at radius 3 is 2.81 bits per heavy atom. The quantitative estimate of drug-likeness (QED) is 0.734. The maximum Gasteiger partial charge on any atom is 0.127 e. The summed E-state index contributed by atoms with van der Waals surface area (Å²) >= 11 is 0. The molecule has 0 radical (unpaired) electrons. The van der Waals surface area contributed by atoms with Crippen molar-refractivity contribution in [1.29, 1.82) is 0 Å². The zero-order valence-corrected chi connectivity index (χ0v) is 12.0. The van der Waals surface area contributed by atoms with E-state index < -0.39 is 0 Å². The fourth-order valence-electron chi connectivity index (χ4n) is 2.22. The Bertz CT molecular complexity index is 734. The van der Waals surface area contributed by atoms with Crippen molar-refractivity contribution in [2.75, 3.05) is 17.2 Å². The number of hydrogen-bond donors (Lipinski definition) is 2. The predicted octanol–water partition coefficient (Wildman–Crippen LogP) is 4.20. The number of benzene rings is 1. The molecular formula is C17H18N4. The lowest BCUT2D eigenvalue weighted by Gasteiger charge is -2.10. The van der Waals surface area contributed by atoms with Crippen LogP contribution in [0.3, 0.4) is 0 Å². The molecule has 0 atom stereocenters. The Hall–Kier alpha value is -2.62. The summed E-state index contributed by atoms with van der Waals surface area (Å²) in [5.74, 6) is 0.884. The van der Waals surface area contributed by atoms with E-state index in [1.54, 1.807) is 6.20 Å². The lowest BCUT2D eigenvalue weighted by molar-refractivity contribution is 0.969. The molecule has 3 rings (SSSR count). The van der Waals surface area contributed by atoms with Gasteiger partial charge in [-0.15, -0.1) is 0 Å². The van der Waals surface area contributed by atoms with E-state index in [9.17, 15) is 0 Å². The van der Waals surface area contributed by atoms with Gasteiger partial charge in [0.05, 0.1) is 11.2 Å². The van der Waals surface area contributed by atoms with Crippen molar-refractivity contribution >= 4 is 28.1 Å². The Kier molecular flexibility index (Phi) is 3.96. The molecule has 0 bridgehead atoms. The summed E-state index contributed by atoms with van der Waals surface area (Å²) in [6.07, 6.45) is 4.69. The molecule has 0 aliphatic carbocycles. The normalized spacial score (nSPS) is 10.5. The van der Waals surface area contributed by atoms with Gasteiger partial charge in [0.2, 0.25) is 0 Å². The monoisotopic (exact) mass is 278 g/mol. The van der Waals surface area contributed by atoms with Crippen molar-refractivity contribution in [2.45, 2.75) is 13.3 Å². The van der Waals surface area contributed by atoms with Crippen LogP contribution in [-0.2, 0) is 0 Å². The lowest BCUT2D eigenvalue weighted by atomic mass is 10.2. The van der Waals surface area contributed by atoms with Gasteiger partial charge in [0.1, 0.15) is 5.82 Å². The highest BCUT2D eigenvalue weighted by Crippen LogP contribution is 2.25. The molecule has 2 N–H and O–H groups in total. The van der Waals surface area contributed by atoms with Gasteiger partial charge in [0.25, 0.3) is 0 Å². The summed E-state index contributed by atoms with van der Waals surface area (Å²) in [7, 11) is 0. The molecule has 106 valence electrons. The van der Waals surface area contributed by atoms with Crippen molar-refractivity contribution in [3.63, 3.8) is 0 Å². The van der Waals surface area contributed by atoms with Crippen molar-refractivity contribution in [3.05, 3.63) is 54.9 Å². The van der Waals surface area contributed by atoms with Crippen molar-refractivity contribution in [3.8, 4) is 0 Å². The summed E-state index contributed by atoms with van der Waals surface area (Å²) in [6, 6.07) is 14.1. The van der Waals surface area contributed by atoms with Crippen LogP contribution in [0.2, 0.25) is 0 Å². The van der Waals surface area contributed by atoms with E-state index in [2.05, 4.69) is 39.7 Å². The maximum absolute atomic E-state index is 4.46. The van der Waals surface area contributed by atoms with Crippen LogP contribution in [0.15, 0.2) is 54.9 Å². The second-order valence-electron chi connectivity index (χ2n) is 4.86. The molecule has 3 aromatic rings. The summed E-state index contributed by atoms with van der Waals surface area (Å²) in [5, 5.41) is 7.84. The number of anilines is 3. The number of pyridine rings is 2. The first-order chi connectivity index (χ1) is 10.4. The molecule has 2 aromatic heterocycles. The van der Waals surface area contributed by atoms with E-state index >= 15 is 0 Å². The van der Waals surface area contributed by atoms with Crippen LogP contribution in [0.25, 0.3) is 10.9 Å². The van der Waals surface area contributed by atoms with E-state index in [0.717, 1.165) is 41.1 Å². The van der Waals surface area contributed by atoms with Crippen LogP contribution in [0.4, 0.5) is 17.2 Å². The first-order valence-electron chi connectivity index (χ1n) is 7.17. The number of rotatable bonds is 5. The van der Waals surface area contributed by atoms with Crippen molar-refractivity contribution < 1.29 is 0 Å². The molecule has 0 aliphatic rings. The van der Waals surface area contributed by atoms with Gasteiger partial charge in [-0.1, -0.05) is 25.1 Å². The molecule has 0 fully saturated rings. The van der Waals surface area contributed by atoms with Gasteiger partial charge in [0, 0.05) is 36.1 Å². The summed E-state index contributed by atoms with van der Waals surface area (Å²) in [6.45, 7) is 3.06. The molecule has 21 heavy (non-hydrogen) atoms. The molecule has 4 nitrogen and oxygen atoms in total. The summed E-state index contributed by atoms with van der Waals surface area (Å²) in [5.41, 5.74) is 2.97. The molecule has 1 aromatic carbocycles. The van der Waals surface area contributed by atoms with Crippen LogP contribution >= 0.6 is 0 Å². The number of para-hydroxylation sites is 1. The average molecular weight is 278 g/mol.